The van der Waals surface area contributed by atoms with E-state index in [1.165, 1.54) is 7.11 Å². The standard InChI is InChI=1S/C30H27NO5/c1-34-30(33)27(20-22-16-18-25(19-17-22)35-21-23-10-4-2-5-11-23)31-26-14-8-9-15-28(26)36-29(32)24-12-6-3-7-13-24/h2-19,27,31H,20-21H2,1H3. The SMILES string of the molecule is COC(=O)C(Cc1ccc(OCc2ccccc2)cc1)Nc1ccccc1OC(=O)c1ccccc1. The molecule has 182 valence electrons. The molecule has 0 bridgehead atoms. The van der Waals surface area contributed by atoms with Crippen LogP contribution in [0.3, 0.4) is 0 Å². The van der Waals surface area contributed by atoms with E-state index in [9.17, 15) is 9.59 Å². The summed E-state index contributed by atoms with van der Waals surface area (Å²) >= 11 is 0. The van der Waals surface area contributed by atoms with Crippen molar-refractivity contribution in [3.63, 3.8) is 0 Å². The lowest BCUT2D eigenvalue weighted by molar-refractivity contribution is -0.141. The molecule has 1 N–H and O–H groups in total. The minimum atomic E-state index is -0.692. The molecule has 0 heterocycles. The number of rotatable bonds is 10. The molecule has 4 aromatic rings. The average Bonchev–Trinajstić information content (AvgIpc) is 2.94. The summed E-state index contributed by atoms with van der Waals surface area (Å²) in [5.74, 6) is 0.155. The number of hydrogen-bond acceptors (Lipinski definition) is 6. The number of ether oxygens (including phenoxy) is 3. The first-order valence-electron chi connectivity index (χ1n) is 11.6. The minimum absolute atomic E-state index is 0.324. The monoisotopic (exact) mass is 481 g/mol. The summed E-state index contributed by atoms with van der Waals surface area (Å²) in [5, 5.41) is 3.18. The third-order valence-electron chi connectivity index (χ3n) is 5.53. The van der Waals surface area contributed by atoms with Crippen molar-refractivity contribution < 1.29 is 23.8 Å². The lowest BCUT2D eigenvalue weighted by atomic mass is 10.1. The summed E-state index contributed by atoms with van der Waals surface area (Å²) in [6.45, 7) is 0.477. The van der Waals surface area contributed by atoms with Gasteiger partial charge in [0, 0.05) is 6.42 Å². The molecule has 0 spiro atoms. The van der Waals surface area contributed by atoms with Gasteiger partial charge in [-0.1, -0.05) is 72.8 Å². The van der Waals surface area contributed by atoms with Gasteiger partial charge in [0.2, 0.25) is 0 Å². The minimum Gasteiger partial charge on any atom is -0.489 e. The van der Waals surface area contributed by atoms with Gasteiger partial charge in [-0.3, -0.25) is 0 Å². The number of anilines is 1. The van der Waals surface area contributed by atoms with Crippen LogP contribution in [0.5, 0.6) is 11.5 Å². The molecule has 6 heteroatoms. The number of methoxy groups -OCH3 is 1. The predicted octanol–water partition coefficient (Wildman–Crippen LogP) is 5.68. The molecule has 0 amide bonds. The summed E-state index contributed by atoms with van der Waals surface area (Å²) in [6.07, 6.45) is 0.368. The van der Waals surface area contributed by atoms with Crippen LogP contribution in [0.2, 0.25) is 0 Å². The van der Waals surface area contributed by atoms with Gasteiger partial charge in [-0.15, -0.1) is 0 Å². The van der Waals surface area contributed by atoms with Crippen LogP contribution in [0.25, 0.3) is 0 Å². The first-order valence-corrected chi connectivity index (χ1v) is 11.6. The number of benzene rings is 4. The van der Waals surface area contributed by atoms with E-state index >= 15 is 0 Å². The Morgan fingerprint density at radius 2 is 1.39 bits per heavy atom. The summed E-state index contributed by atoms with van der Waals surface area (Å²) < 4.78 is 16.5. The second-order valence-corrected chi connectivity index (χ2v) is 8.09. The van der Waals surface area contributed by atoms with Gasteiger partial charge in [-0.25, -0.2) is 9.59 Å². The number of para-hydroxylation sites is 2. The Hall–Kier alpha value is -4.58. The van der Waals surface area contributed by atoms with Gasteiger partial charge in [-0.2, -0.15) is 0 Å². The van der Waals surface area contributed by atoms with Crippen molar-refractivity contribution in [2.45, 2.75) is 19.1 Å². The Labute approximate surface area is 210 Å². The molecule has 0 aliphatic carbocycles. The van der Waals surface area contributed by atoms with Crippen molar-refractivity contribution in [3.8, 4) is 11.5 Å². The van der Waals surface area contributed by atoms with Crippen molar-refractivity contribution >= 4 is 17.6 Å². The van der Waals surface area contributed by atoms with Crippen LogP contribution >= 0.6 is 0 Å². The molecule has 1 atom stereocenters. The van der Waals surface area contributed by atoms with Gasteiger partial charge >= 0.3 is 11.9 Å². The number of carbonyl (C=O) groups excluding carboxylic acids is 2. The van der Waals surface area contributed by atoms with E-state index < -0.39 is 18.0 Å². The number of nitrogens with one attached hydrogen (secondary N) is 1. The van der Waals surface area contributed by atoms with E-state index in [4.69, 9.17) is 14.2 Å². The summed E-state index contributed by atoms with van der Waals surface area (Å²) in [4.78, 5) is 25.1. The highest BCUT2D eigenvalue weighted by Gasteiger charge is 2.22. The van der Waals surface area contributed by atoms with E-state index in [0.29, 0.717) is 30.0 Å². The zero-order valence-corrected chi connectivity index (χ0v) is 19.9. The molecule has 36 heavy (non-hydrogen) atoms. The normalized spacial score (nSPS) is 11.2. The molecule has 0 aromatic heterocycles. The van der Waals surface area contributed by atoms with Crippen molar-refractivity contribution in [3.05, 3.63) is 126 Å². The maximum Gasteiger partial charge on any atom is 0.343 e. The van der Waals surface area contributed by atoms with Gasteiger partial charge in [0.1, 0.15) is 18.4 Å². The Kier molecular flexibility index (Phi) is 8.33. The number of hydrogen-bond donors (Lipinski definition) is 1. The van der Waals surface area contributed by atoms with Gasteiger partial charge < -0.3 is 19.5 Å². The fourth-order valence-corrected chi connectivity index (χ4v) is 3.63. The van der Waals surface area contributed by atoms with Gasteiger partial charge in [0.05, 0.1) is 18.4 Å². The van der Waals surface area contributed by atoms with E-state index in [1.54, 1.807) is 48.5 Å². The Balaban J connectivity index is 1.43. The third kappa shape index (κ3) is 6.73. The molecular weight excluding hydrogens is 454 g/mol. The first-order chi connectivity index (χ1) is 17.6. The molecule has 0 saturated carbocycles. The van der Waals surface area contributed by atoms with Crippen LogP contribution in [0, 0.1) is 0 Å². The van der Waals surface area contributed by atoms with Crippen LogP contribution < -0.4 is 14.8 Å². The lowest BCUT2D eigenvalue weighted by Gasteiger charge is -2.20. The van der Waals surface area contributed by atoms with Crippen LogP contribution in [0.4, 0.5) is 5.69 Å². The van der Waals surface area contributed by atoms with Crippen molar-refractivity contribution in [2.75, 3.05) is 12.4 Å². The summed E-state index contributed by atoms with van der Waals surface area (Å²) in [7, 11) is 1.35. The molecule has 6 nitrogen and oxygen atoms in total. The average molecular weight is 482 g/mol. The maximum absolute atomic E-state index is 12.6. The third-order valence-corrected chi connectivity index (χ3v) is 5.53. The van der Waals surface area contributed by atoms with Gasteiger partial charge in [-0.05, 0) is 47.5 Å². The van der Waals surface area contributed by atoms with Gasteiger partial charge in [0.15, 0.2) is 5.75 Å². The van der Waals surface area contributed by atoms with Crippen LogP contribution in [0.1, 0.15) is 21.5 Å². The zero-order valence-electron chi connectivity index (χ0n) is 19.9. The second-order valence-electron chi connectivity index (χ2n) is 8.09. The van der Waals surface area contributed by atoms with E-state index in [-0.39, 0.29) is 0 Å². The predicted molar refractivity (Wildman–Crippen MR) is 138 cm³/mol. The Morgan fingerprint density at radius 1 is 0.750 bits per heavy atom. The zero-order chi connectivity index (χ0) is 25.2. The van der Waals surface area contributed by atoms with Crippen LogP contribution in [-0.4, -0.2) is 25.1 Å². The van der Waals surface area contributed by atoms with E-state index in [2.05, 4.69) is 5.32 Å². The van der Waals surface area contributed by atoms with Crippen LogP contribution in [-0.2, 0) is 22.6 Å². The number of carbonyl (C=O) groups is 2. The van der Waals surface area contributed by atoms with Crippen molar-refractivity contribution in [1.82, 2.24) is 0 Å². The fraction of sp³-hybridized carbons (Fsp3) is 0.133. The summed E-state index contributed by atoms with van der Waals surface area (Å²) in [6, 6.07) is 32.6. The molecule has 0 saturated heterocycles. The molecular formula is C30H27NO5. The molecule has 0 aliphatic heterocycles. The molecule has 0 radical (unpaired) electrons. The highest BCUT2D eigenvalue weighted by Crippen LogP contribution is 2.27. The Bertz CT molecular complexity index is 1270. The van der Waals surface area contributed by atoms with Gasteiger partial charge in [0.25, 0.3) is 0 Å². The molecule has 4 rings (SSSR count). The molecule has 0 fully saturated rings. The lowest BCUT2D eigenvalue weighted by Crippen LogP contribution is -2.33. The van der Waals surface area contributed by atoms with Crippen molar-refractivity contribution in [1.29, 1.82) is 0 Å². The second kappa shape index (κ2) is 12.2. The topological polar surface area (TPSA) is 73.9 Å². The van der Waals surface area contributed by atoms with Crippen LogP contribution in [0.15, 0.2) is 109 Å². The maximum atomic E-state index is 12.6. The smallest absolute Gasteiger partial charge is 0.343 e. The first kappa shape index (κ1) is 24.5. The van der Waals surface area contributed by atoms with Crippen molar-refractivity contribution in [2.24, 2.45) is 0 Å². The quantitative estimate of drug-likeness (QED) is 0.232. The highest BCUT2D eigenvalue weighted by molar-refractivity contribution is 5.92. The summed E-state index contributed by atoms with van der Waals surface area (Å²) in [5.41, 5.74) is 2.96. The fourth-order valence-electron chi connectivity index (χ4n) is 3.63. The molecule has 0 aliphatic rings. The largest absolute Gasteiger partial charge is 0.489 e. The highest BCUT2D eigenvalue weighted by atomic mass is 16.5. The van der Waals surface area contributed by atoms with E-state index in [0.717, 1.165) is 16.9 Å². The molecule has 1 unspecified atom stereocenters. The number of esters is 2. The molecule has 4 aromatic carbocycles. The Morgan fingerprint density at radius 3 is 2.08 bits per heavy atom. The van der Waals surface area contributed by atoms with E-state index in [1.807, 2.05) is 60.7 Å².